The predicted octanol–water partition coefficient (Wildman–Crippen LogP) is 1.75. The summed E-state index contributed by atoms with van der Waals surface area (Å²) in [5.41, 5.74) is 2.07. The van der Waals surface area contributed by atoms with Crippen LogP contribution in [0.5, 0.6) is 0 Å². The van der Waals surface area contributed by atoms with E-state index in [0.717, 1.165) is 37.3 Å². The molecule has 0 saturated carbocycles. The average molecular weight is 314 g/mol. The molecule has 1 amide bonds. The number of nitrogens with one attached hydrogen (secondary N) is 1. The fourth-order valence-corrected chi connectivity index (χ4v) is 3.63. The van der Waals surface area contributed by atoms with E-state index in [2.05, 4.69) is 10.4 Å². The highest BCUT2D eigenvalue weighted by Crippen LogP contribution is 2.29. The summed E-state index contributed by atoms with van der Waals surface area (Å²) in [4.78, 5) is 14.8. The molecular weight excluding hydrogens is 295 g/mol. The van der Waals surface area contributed by atoms with E-state index in [1.165, 1.54) is 12.1 Å². The number of halogens is 1. The van der Waals surface area contributed by atoms with Crippen molar-refractivity contribution in [3.63, 3.8) is 0 Å². The van der Waals surface area contributed by atoms with Crippen molar-refractivity contribution in [2.24, 2.45) is 5.92 Å². The van der Waals surface area contributed by atoms with Gasteiger partial charge in [-0.1, -0.05) is 0 Å². The Hall–Kier alpha value is -2.21. The molecule has 2 aliphatic heterocycles. The van der Waals surface area contributed by atoms with Crippen LogP contribution in [0.4, 0.5) is 4.39 Å². The Kier molecular flexibility index (Phi) is 3.41. The van der Waals surface area contributed by atoms with E-state index in [1.807, 2.05) is 18.0 Å². The van der Waals surface area contributed by atoms with Gasteiger partial charge in [-0.25, -0.2) is 9.07 Å². The first-order valence-corrected chi connectivity index (χ1v) is 7.97. The SMILES string of the molecule is Cc1cn(-c2ccc(F)cc2)nc1C(=O)N1CC[C@@H]2CNC[C@@H]21. The van der Waals surface area contributed by atoms with Gasteiger partial charge in [-0.15, -0.1) is 0 Å². The van der Waals surface area contributed by atoms with Crippen LogP contribution in [0, 0.1) is 18.7 Å². The normalized spacial score (nSPS) is 23.3. The predicted molar refractivity (Wildman–Crippen MR) is 84.1 cm³/mol. The lowest BCUT2D eigenvalue weighted by Crippen LogP contribution is -2.39. The first-order valence-electron chi connectivity index (χ1n) is 7.97. The second-order valence-corrected chi connectivity index (χ2v) is 6.35. The van der Waals surface area contributed by atoms with Crippen LogP contribution in [0.3, 0.4) is 0 Å². The summed E-state index contributed by atoms with van der Waals surface area (Å²) in [5, 5.41) is 7.81. The number of aryl methyl sites for hydroxylation is 1. The highest BCUT2D eigenvalue weighted by Gasteiger charge is 2.41. The van der Waals surface area contributed by atoms with Crippen LogP contribution in [0.25, 0.3) is 5.69 Å². The van der Waals surface area contributed by atoms with Gasteiger partial charge in [0.25, 0.3) is 5.91 Å². The van der Waals surface area contributed by atoms with Gasteiger partial charge < -0.3 is 10.2 Å². The number of amides is 1. The van der Waals surface area contributed by atoms with E-state index < -0.39 is 0 Å². The summed E-state index contributed by atoms with van der Waals surface area (Å²) in [6, 6.07) is 6.38. The number of carbonyl (C=O) groups is 1. The Balaban J connectivity index is 1.62. The van der Waals surface area contributed by atoms with Crippen molar-refractivity contribution in [2.75, 3.05) is 19.6 Å². The molecular formula is C17H19FN4O. The van der Waals surface area contributed by atoms with Crippen LogP contribution in [-0.2, 0) is 0 Å². The van der Waals surface area contributed by atoms with Crippen molar-refractivity contribution < 1.29 is 9.18 Å². The lowest BCUT2D eigenvalue weighted by atomic mass is 10.1. The molecule has 0 spiro atoms. The molecule has 1 N–H and O–H groups in total. The summed E-state index contributed by atoms with van der Waals surface area (Å²) >= 11 is 0. The van der Waals surface area contributed by atoms with Crippen LogP contribution in [0.1, 0.15) is 22.5 Å². The second-order valence-electron chi connectivity index (χ2n) is 6.35. The van der Waals surface area contributed by atoms with Gasteiger partial charge >= 0.3 is 0 Å². The van der Waals surface area contributed by atoms with Gasteiger partial charge in [0.15, 0.2) is 5.69 Å². The van der Waals surface area contributed by atoms with E-state index >= 15 is 0 Å². The second kappa shape index (κ2) is 5.45. The lowest BCUT2D eigenvalue weighted by molar-refractivity contribution is 0.0730. The quantitative estimate of drug-likeness (QED) is 0.919. The molecule has 0 radical (unpaired) electrons. The standard InChI is InChI=1S/C17H19FN4O/c1-11-10-22(14-4-2-13(18)3-5-14)20-16(11)17(23)21-7-6-12-8-19-9-15(12)21/h2-5,10,12,15,19H,6-9H2,1H3/t12-,15+/m1/s1. The Morgan fingerprint density at radius 1 is 1.30 bits per heavy atom. The summed E-state index contributed by atoms with van der Waals surface area (Å²) in [6.45, 7) is 4.56. The van der Waals surface area contributed by atoms with Crippen molar-refractivity contribution in [1.82, 2.24) is 20.0 Å². The van der Waals surface area contributed by atoms with E-state index in [4.69, 9.17) is 0 Å². The molecule has 120 valence electrons. The van der Waals surface area contributed by atoms with Crippen LogP contribution in [0.2, 0.25) is 0 Å². The molecule has 1 aromatic heterocycles. The Morgan fingerprint density at radius 3 is 2.87 bits per heavy atom. The third-order valence-corrected chi connectivity index (χ3v) is 4.90. The van der Waals surface area contributed by atoms with Crippen LogP contribution in [0.15, 0.2) is 30.5 Å². The van der Waals surface area contributed by atoms with Gasteiger partial charge in [0.05, 0.1) is 5.69 Å². The van der Waals surface area contributed by atoms with Crippen molar-refractivity contribution in [3.05, 3.63) is 47.5 Å². The topological polar surface area (TPSA) is 50.2 Å². The van der Waals surface area contributed by atoms with Gasteiger partial charge in [-0.3, -0.25) is 4.79 Å². The number of hydrogen-bond acceptors (Lipinski definition) is 3. The van der Waals surface area contributed by atoms with E-state index in [9.17, 15) is 9.18 Å². The summed E-state index contributed by atoms with van der Waals surface area (Å²) in [6.07, 6.45) is 2.88. The monoisotopic (exact) mass is 314 g/mol. The molecule has 6 heteroatoms. The molecule has 2 aliphatic rings. The van der Waals surface area contributed by atoms with Crippen molar-refractivity contribution in [1.29, 1.82) is 0 Å². The number of aromatic nitrogens is 2. The van der Waals surface area contributed by atoms with E-state index in [-0.39, 0.29) is 17.8 Å². The first-order chi connectivity index (χ1) is 11.1. The summed E-state index contributed by atoms with van der Waals surface area (Å²) < 4.78 is 14.7. The van der Waals surface area contributed by atoms with Crippen molar-refractivity contribution >= 4 is 5.91 Å². The minimum Gasteiger partial charge on any atom is -0.333 e. The Bertz CT molecular complexity index is 740. The molecule has 5 nitrogen and oxygen atoms in total. The number of likely N-dealkylation sites (tertiary alicyclic amines) is 1. The fourth-order valence-electron chi connectivity index (χ4n) is 3.63. The maximum absolute atomic E-state index is 13.0. The Morgan fingerprint density at radius 2 is 2.09 bits per heavy atom. The third-order valence-electron chi connectivity index (χ3n) is 4.90. The molecule has 0 aliphatic carbocycles. The summed E-state index contributed by atoms with van der Waals surface area (Å²) in [7, 11) is 0. The summed E-state index contributed by atoms with van der Waals surface area (Å²) in [5.74, 6) is 0.281. The number of benzene rings is 1. The lowest BCUT2D eigenvalue weighted by Gasteiger charge is -2.22. The van der Waals surface area contributed by atoms with Crippen molar-refractivity contribution in [3.8, 4) is 5.69 Å². The average Bonchev–Trinajstić information content (AvgIpc) is 3.22. The smallest absolute Gasteiger partial charge is 0.274 e. The van der Waals surface area contributed by atoms with Crippen LogP contribution >= 0.6 is 0 Å². The molecule has 4 rings (SSSR count). The maximum atomic E-state index is 13.0. The third kappa shape index (κ3) is 2.43. The maximum Gasteiger partial charge on any atom is 0.274 e. The largest absolute Gasteiger partial charge is 0.333 e. The van der Waals surface area contributed by atoms with Gasteiger partial charge in [0.2, 0.25) is 0 Å². The van der Waals surface area contributed by atoms with Gasteiger partial charge in [0.1, 0.15) is 5.82 Å². The molecule has 3 heterocycles. The fraction of sp³-hybridized carbons (Fsp3) is 0.412. The van der Waals surface area contributed by atoms with Gasteiger partial charge in [-0.05, 0) is 43.5 Å². The minimum atomic E-state index is -0.286. The van der Waals surface area contributed by atoms with Crippen molar-refractivity contribution in [2.45, 2.75) is 19.4 Å². The van der Waals surface area contributed by atoms with Gasteiger partial charge in [0, 0.05) is 37.4 Å². The zero-order valence-electron chi connectivity index (χ0n) is 13.0. The molecule has 1 aromatic carbocycles. The number of carbonyl (C=O) groups excluding carboxylic acids is 1. The molecule has 0 unspecified atom stereocenters. The van der Waals surface area contributed by atoms with Crippen LogP contribution in [-0.4, -0.2) is 46.3 Å². The number of rotatable bonds is 2. The molecule has 2 aromatic rings. The highest BCUT2D eigenvalue weighted by atomic mass is 19.1. The molecule has 0 bridgehead atoms. The van der Waals surface area contributed by atoms with E-state index in [1.54, 1.807) is 16.8 Å². The Labute approximate surface area is 134 Å². The minimum absolute atomic E-state index is 0.000406. The van der Waals surface area contributed by atoms with Crippen LogP contribution < -0.4 is 5.32 Å². The molecule has 2 fully saturated rings. The first kappa shape index (κ1) is 14.4. The van der Waals surface area contributed by atoms with E-state index in [0.29, 0.717) is 11.6 Å². The van der Waals surface area contributed by atoms with Gasteiger partial charge in [-0.2, -0.15) is 5.10 Å². The zero-order valence-corrected chi connectivity index (χ0v) is 13.0. The zero-order chi connectivity index (χ0) is 16.0. The number of fused-ring (bicyclic) bond motifs is 1. The molecule has 23 heavy (non-hydrogen) atoms. The molecule has 2 atom stereocenters. The number of nitrogens with zero attached hydrogens (tertiary/aromatic N) is 3. The number of hydrogen-bond donors (Lipinski definition) is 1. The molecule has 2 saturated heterocycles. The highest BCUT2D eigenvalue weighted by molar-refractivity contribution is 5.94.